The van der Waals surface area contributed by atoms with E-state index in [-0.39, 0.29) is 16.5 Å². The Morgan fingerprint density at radius 2 is 1.61 bits per heavy atom. The molecule has 0 spiro atoms. The van der Waals surface area contributed by atoms with E-state index in [1.165, 1.54) is 0 Å². The van der Waals surface area contributed by atoms with Gasteiger partial charge in [-0.2, -0.15) is 39.5 Å². The quantitative estimate of drug-likeness (QED) is 0.686. The molecule has 0 aliphatic heterocycles. The SMILES string of the molecule is CCC(N(CC(F)(F)F)c1ccc2[nH]c(=O)cc(C(F)(F)F)c2c1)C(F)(F)F. The van der Waals surface area contributed by atoms with E-state index in [0.29, 0.717) is 6.07 Å². The van der Waals surface area contributed by atoms with Crippen LogP contribution >= 0.6 is 0 Å². The Labute approximate surface area is 151 Å². The zero-order valence-electron chi connectivity index (χ0n) is 14.1. The molecule has 3 nitrogen and oxygen atoms in total. The van der Waals surface area contributed by atoms with Gasteiger partial charge in [0.05, 0.1) is 5.56 Å². The molecule has 2 rings (SSSR count). The predicted octanol–water partition coefficient (Wildman–Crippen LogP) is 5.26. The van der Waals surface area contributed by atoms with Crippen molar-refractivity contribution in [3.05, 3.63) is 40.2 Å². The summed E-state index contributed by atoms with van der Waals surface area (Å²) in [4.78, 5) is 13.4. The van der Waals surface area contributed by atoms with E-state index < -0.39 is 59.7 Å². The van der Waals surface area contributed by atoms with Crippen molar-refractivity contribution in [2.24, 2.45) is 0 Å². The van der Waals surface area contributed by atoms with Gasteiger partial charge in [-0.25, -0.2) is 0 Å². The zero-order chi connectivity index (χ0) is 21.5. The Bertz CT molecular complexity index is 896. The number of anilines is 1. The number of aromatic amines is 1. The molecule has 0 aliphatic carbocycles. The van der Waals surface area contributed by atoms with Crippen LogP contribution in [0.25, 0.3) is 10.9 Å². The smallest absolute Gasteiger partial charge is 0.351 e. The largest absolute Gasteiger partial charge is 0.417 e. The lowest BCUT2D eigenvalue weighted by molar-refractivity contribution is -0.160. The Morgan fingerprint density at radius 3 is 2.07 bits per heavy atom. The molecular weight excluding hydrogens is 407 g/mol. The van der Waals surface area contributed by atoms with Crippen LogP contribution in [0, 0.1) is 0 Å². The molecule has 0 radical (unpaired) electrons. The van der Waals surface area contributed by atoms with Crippen molar-refractivity contribution >= 4 is 16.6 Å². The third-order valence-electron chi connectivity index (χ3n) is 3.95. The van der Waals surface area contributed by atoms with Gasteiger partial charge < -0.3 is 9.88 Å². The van der Waals surface area contributed by atoms with Crippen molar-refractivity contribution in [1.29, 1.82) is 0 Å². The van der Waals surface area contributed by atoms with Crippen LogP contribution < -0.4 is 10.5 Å². The summed E-state index contributed by atoms with van der Waals surface area (Å²) >= 11 is 0. The second-order valence-electron chi connectivity index (χ2n) is 5.98. The van der Waals surface area contributed by atoms with E-state index in [0.717, 1.165) is 19.1 Å². The minimum absolute atomic E-state index is 0.0370. The number of hydrogen-bond donors (Lipinski definition) is 1. The van der Waals surface area contributed by atoms with Gasteiger partial charge in [0.2, 0.25) is 5.56 Å². The lowest BCUT2D eigenvalue weighted by Crippen LogP contribution is -2.49. The van der Waals surface area contributed by atoms with Crippen LogP contribution in [0.15, 0.2) is 29.1 Å². The van der Waals surface area contributed by atoms with Gasteiger partial charge in [0.15, 0.2) is 0 Å². The van der Waals surface area contributed by atoms with Gasteiger partial charge >= 0.3 is 18.5 Å². The molecule has 0 saturated carbocycles. The normalized spacial score (nSPS) is 14.4. The Kier molecular flexibility index (Phi) is 5.64. The maximum Gasteiger partial charge on any atom is 0.417 e. The topological polar surface area (TPSA) is 36.1 Å². The first-order chi connectivity index (χ1) is 12.6. The molecule has 0 saturated heterocycles. The first kappa shape index (κ1) is 21.9. The summed E-state index contributed by atoms with van der Waals surface area (Å²) in [6, 6.07) is -0.161. The van der Waals surface area contributed by atoms with Crippen LogP contribution in [0.5, 0.6) is 0 Å². The van der Waals surface area contributed by atoms with E-state index in [4.69, 9.17) is 0 Å². The number of pyridine rings is 1. The van der Waals surface area contributed by atoms with E-state index in [1.54, 1.807) is 0 Å². The van der Waals surface area contributed by atoms with Crippen LogP contribution in [0.4, 0.5) is 45.2 Å². The first-order valence-electron chi connectivity index (χ1n) is 7.78. The number of benzene rings is 1. The molecule has 1 atom stereocenters. The molecule has 0 fully saturated rings. The fraction of sp³-hybridized carbons (Fsp3) is 0.438. The summed E-state index contributed by atoms with van der Waals surface area (Å²) in [5, 5.41) is -0.714. The highest BCUT2D eigenvalue weighted by Gasteiger charge is 2.46. The summed E-state index contributed by atoms with van der Waals surface area (Å²) < 4.78 is 118. The second kappa shape index (κ2) is 7.21. The van der Waals surface area contributed by atoms with Gasteiger partial charge in [-0.05, 0) is 24.6 Å². The molecule has 1 N–H and O–H groups in total. The molecule has 28 heavy (non-hydrogen) atoms. The summed E-state index contributed by atoms with van der Waals surface area (Å²) in [5.41, 5.74) is -3.64. The van der Waals surface area contributed by atoms with E-state index in [2.05, 4.69) is 4.98 Å². The molecule has 1 aromatic carbocycles. The molecular formula is C16H13F9N2O. The van der Waals surface area contributed by atoms with Gasteiger partial charge in [0.25, 0.3) is 0 Å². The van der Waals surface area contributed by atoms with Crippen molar-refractivity contribution in [3.8, 4) is 0 Å². The lowest BCUT2D eigenvalue weighted by Gasteiger charge is -2.35. The second-order valence-corrected chi connectivity index (χ2v) is 5.98. The first-order valence-corrected chi connectivity index (χ1v) is 7.78. The lowest BCUT2D eigenvalue weighted by atomic mass is 10.1. The maximum atomic E-state index is 13.2. The van der Waals surface area contributed by atoms with Gasteiger partial charge in [-0.1, -0.05) is 6.92 Å². The highest BCUT2D eigenvalue weighted by Crippen LogP contribution is 2.38. The number of nitrogens with zero attached hydrogens (tertiary/aromatic N) is 1. The van der Waals surface area contributed by atoms with E-state index >= 15 is 0 Å². The van der Waals surface area contributed by atoms with E-state index in [1.807, 2.05) is 0 Å². The molecule has 2 aromatic rings. The number of aromatic nitrogens is 1. The number of H-pyrrole nitrogens is 1. The van der Waals surface area contributed by atoms with E-state index in [9.17, 15) is 44.3 Å². The van der Waals surface area contributed by atoms with Gasteiger partial charge in [0.1, 0.15) is 12.6 Å². The van der Waals surface area contributed by atoms with Crippen LogP contribution in [0.1, 0.15) is 18.9 Å². The molecule has 1 heterocycles. The molecule has 0 amide bonds. The molecule has 0 aliphatic rings. The summed E-state index contributed by atoms with van der Waals surface area (Å²) in [6.45, 7) is -0.998. The summed E-state index contributed by atoms with van der Waals surface area (Å²) in [6.07, 6.45) is -15.9. The molecule has 12 heteroatoms. The van der Waals surface area contributed by atoms with Crippen molar-refractivity contribution in [3.63, 3.8) is 0 Å². The van der Waals surface area contributed by atoms with Crippen molar-refractivity contribution in [2.75, 3.05) is 11.4 Å². The number of halogens is 9. The predicted molar refractivity (Wildman–Crippen MR) is 83.1 cm³/mol. The number of nitrogens with one attached hydrogen (secondary N) is 1. The van der Waals surface area contributed by atoms with Crippen LogP contribution in [0.2, 0.25) is 0 Å². The van der Waals surface area contributed by atoms with Gasteiger partial charge in [0, 0.05) is 22.7 Å². The summed E-state index contributed by atoms with van der Waals surface area (Å²) in [7, 11) is 0. The van der Waals surface area contributed by atoms with Gasteiger partial charge in [-0.3, -0.25) is 4.79 Å². The molecule has 0 bridgehead atoms. The van der Waals surface area contributed by atoms with Crippen LogP contribution in [-0.2, 0) is 6.18 Å². The van der Waals surface area contributed by atoms with Crippen molar-refractivity contribution < 1.29 is 39.5 Å². The van der Waals surface area contributed by atoms with Crippen molar-refractivity contribution in [1.82, 2.24) is 4.98 Å². The third-order valence-corrected chi connectivity index (χ3v) is 3.95. The Balaban J connectivity index is 2.73. The average molecular weight is 420 g/mol. The fourth-order valence-electron chi connectivity index (χ4n) is 2.86. The van der Waals surface area contributed by atoms with Crippen LogP contribution in [0.3, 0.4) is 0 Å². The number of alkyl halides is 9. The standard InChI is InChI=1S/C16H13F9N2O/c1-2-12(16(23,24)25)27(7-14(17,18)19)8-3-4-11-9(5-8)10(15(20,21)22)6-13(28)26-11/h3-6,12H,2,7H2,1H3,(H,26,28). The monoisotopic (exact) mass is 420 g/mol. The highest BCUT2D eigenvalue weighted by molar-refractivity contribution is 5.86. The number of rotatable bonds is 4. The number of fused-ring (bicyclic) bond motifs is 1. The summed E-state index contributed by atoms with van der Waals surface area (Å²) in [5.74, 6) is 0. The molecule has 1 unspecified atom stereocenters. The number of hydrogen-bond acceptors (Lipinski definition) is 2. The van der Waals surface area contributed by atoms with Crippen molar-refractivity contribution in [2.45, 2.75) is 37.9 Å². The minimum atomic E-state index is -5.05. The fourth-order valence-corrected chi connectivity index (χ4v) is 2.86. The van der Waals surface area contributed by atoms with Gasteiger partial charge in [-0.15, -0.1) is 0 Å². The van der Waals surface area contributed by atoms with Crippen LogP contribution in [-0.4, -0.2) is 29.9 Å². The molecule has 1 aromatic heterocycles. The third kappa shape index (κ3) is 4.90. The minimum Gasteiger partial charge on any atom is -0.351 e. The Morgan fingerprint density at radius 1 is 1.00 bits per heavy atom. The molecule has 156 valence electrons. The highest BCUT2D eigenvalue weighted by atomic mass is 19.4. The zero-order valence-corrected chi connectivity index (χ0v) is 14.1. The maximum absolute atomic E-state index is 13.2. The Hall–Kier alpha value is -2.40. The average Bonchev–Trinajstić information content (AvgIpc) is 2.50.